The first-order valence-corrected chi connectivity index (χ1v) is 8.94. The quantitative estimate of drug-likeness (QED) is 0.673. The van der Waals surface area contributed by atoms with Crippen LogP contribution in [0.15, 0.2) is 18.5 Å². The highest BCUT2D eigenvalue weighted by Crippen LogP contribution is 2.25. The topological polar surface area (TPSA) is 103 Å². The number of urea groups is 1. The normalized spacial score (nSPS) is 15.5. The van der Waals surface area contributed by atoms with Crippen LogP contribution >= 0.6 is 0 Å². The van der Waals surface area contributed by atoms with Crippen molar-refractivity contribution in [1.29, 1.82) is 0 Å². The van der Waals surface area contributed by atoms with Crippen LogP contribution in [0.4, 0.5) is 4.79 Å². The van der Waals surface area contributed by atoms with E-state index >= 15 is 0 Å². The fraction of sp³-hybridized carbons (Fsp3) is 0.444. The predicted octanol–water partition coefficient (Wildman–Crippen LogP) is 2.39. The van der Waals surface area contributed by atoms with Crippen molar-refractivity contribution < 1.29 is 4.79 Å². The summed E-state index contributed by atoms with van der Waals surface area (Å²) in [5.41, 5.74) is 4.39. The van der Waals surface area contributed by atoms with Crippen LogP contribution in [0.2, 0.25) is 0 Å². The maximum absolute atomic E-state index is 12.4. The first-order valence-electron chi connectivity index (χ1n) is 8.94. The van der Waals surface area contributed by atoms with Gasteiger partial charge in [0.25, 0.3) is 0 Å². The van der Waals surface area contributed by atoms with Gasteiger partial charge in [-0.3, -0.25) is 5.10 Å². The molecule has 1 saturated heterocycles. The Labute approximate surface area is 151 Å². The standard InChI is InChI=1S/C18H23N7O/c1-11-7-14-15(8-12(11)2)23-16(22-14)9-19-18(26)25-5-3-13(4-6-25)17-20-10-21-24-17/h7-8,10,13H,3-6,9H2,1-2H3,(H,19,26)(H,22,23)(H,20,21,24). The Balaban J connectivity index is 1.33. The van der Waals surface area contributed by atoms with Crippen molar-refractivity contribution in [3.8, 4) is 0 Å². The Kier molecular flexibility index (Phi) is 4.32. The number of rotatable bonds is 3. The number of imidazole rings is 1. The summed E-state index contributed by atoms with van der Waals surface area (Å²) in [5, 5.41) is 9.80. The molecular weight excluding hydrogens is 330 g/mol. The molecule has 8 nitrogen and oxygen atoms in total. The summed E-state index contributed by atoms with van der Waals surface area (Å²) in [6, 6.07) is 4.12. The molecule has 3 aromatic rings. The number of amides is 2. The van der Waals surface area contributed by atoms with E-state index in [-0.39, 0.29) is 6.03 Å². The number of carbonyl (C=O) groups excluding carboxylic acids is 1. The van der Waals surface area contributed by atoms with Gasteiger partial charge in [0.05, 0.1) is 17.6 Å². The average Bonchev–Trinajstić information content (AvgIpc) is 3.30. The molecule has 2 amide bonds. The van der Waals surface area contributed by atoms with Crippen LogP contribution in [0.3, 0.4) is 0 Å². The molecule has 0 unspecified atom stereocenters. The summed E-state index contributed by atoms with van der Waals surface area (Å²) in [6.45, 7) is 5.99. The molecule has 0 aliphatic carbocycles. The van der Waals surface area contributed by atoms with E-state index in [2.05, 4.69) is 56.4 Å². The Morgan fingerprint density at radius 2 is 2.04 bits per heavy atom. The number of nitrogens with one attached hydrogen (secondary N) is 3. The second-order valence-corrected chi connectivity index (χ2v) is 6.93. The lowest BCUT2D eigenvalue weighted by Crippen LogP contribution is -2.44. The lowest BCUT2D eigenvalue weighted by atomic mass is 9.96. The second kappa shape index (κ2) is 6.78. The smallest absolute Gasteiger partial charge is 0.317 e. The van der Waals surface area contributed by atoms with Crippen LogP contribution in [0, 0.1) is 13.8 Å². The molecule has 3 N–H and O–H groups in total. The first-order chi connectivity index (χ1) is 12.6. The molecule has 4 rings (SSSR count). The van der Waals surface area contributed by atoms with Crippen molar-refractivity contribution in [2.45, 2.75) is 39.2 Å². The van der Waals surface area contributed by atoms with Crippen molar-refractivity contribution in [1.82, 2.24) is 35.4 Å². The number of fused-ring (bicyclic) bond motifs is 1. The fourth-order valence-corrected chi connectivity index (χ4v) is 3.44. The average molecular weight is 353 g/mol. The predicted molar refractivity (Wildman–Crippen MR) is 97.7 cm³/mol. The van der Waals surface area contributed by atoms with Crippen molar-refractivity contribution >= 4 is 17.1 Å². The summed E-state index contributed by atoms with van der Waals surface area (Å²) in [7, 11) is 0. The third-order valence-electron chi connectivity index (χ3n) is 5.16. The van der Waals surface area contributed by atoms with Crippen LogP contribution in [0.5, 0.6) is 0 Å². The van der Waals surface area contributed by atoms with Gasteiger partial charge in [0, 0.05) is 19.0 Å². The number of aromatic amines is 2. The second-order valence-electron chi connectivity index (χ2n) is 6.93. The zero-order valence-electron chi connectivity index (χ0n) is 15.0. The molecule has 1 aromatic carbocycles. The molecule has 0 atom stereocenters. The van der Waals surface area contributed by atoms with Crippen LogP contribution < -0.4 is 5.32 Å². The Hall–Kier alpha value is -2.90. The fourth-order valence-electron chi connectivity index (χ4n) is 3.44. The summed E-state index contributed by atoms with van der Waals surface area (Å²) in [6.07, 6.45) is 3.32. The van der Waals surface area contributed by atoms with Crippen LogP contribution in [0.1, 0.15) is 41.5 Å². The van der Waals surface area contributed by atoms with E-state index < -0.39 is 0 Å². The SMILES string of the molecule is Cc1cc2nc(CNC(=O)N3CCC(c4ncn[nH]4)CC3)[nH]c2cc1C. The highest BCUT2D eigenvalue weighted by Gasteiger charge is 2.25. The van der Waals surface area contributed by atoms with Gasteiger partial charge in [0.15, 0.2) is 0 Å². The van der Waals surface area contributed by atoms with Gasteiger partial charge < -0.3 is 15.2 Å². The molecule has 26 heavy (non-hydrogen) atoms. The number of aromatic nitrogens is 5. The van der Waals surface area contributed by atoms with E-state index in [0.29, 0.717) is 12.5 Å². The monoisotopic (exact) mass is 353 g/mol. The molecule has 1 aliphatic rings. The minimum Gasteiger partial charge on any atom is -0.340 e. The molecule has 0 bridgehead atoms. The highest BCUT2D eigenvalue weighted by atomic mass is 16.2. The highest BCUT2D eigenvalue weighted by molar-refractivity contribution is 5.77. The number of hydrogen-bond acceptors (Lipinski definition) is 4. The third-order valence-corrected chi connectivity index (χ3v) is 5.16. The third kappa shape index (κ3) is 3.26. The van der Waals surface area contributed by atoms with Crippen molar-refractivity contribution in [2.75, 3.05) is 13.1 Å². The van der Waals surface area contributed by atoms with Crippen LogP contribution in [0.25, 0.3) is 11.0 Å². The molecule has 0 spiro atoms. The van der Waals surface area contributed by atoms with E-state index in [4.69, 9.17) is 0 Å². The van der Waals surface area contributed by atoms with Gasteiger partial charge in [0.1, 0.15) is 18.0 Å². The number of likely N-dealkylation sites (tertiary alicyclic amines) is 1. The van der Waals surface area contributed by atoms with Gasteiger partial charge in [-0.25, -0.2) is 14.8 Å². The van der Waals surface area contributed by atoms with Crippen LogP contribution in [-0.4, -0.2) is 49.2 Å². The lowest BCUT2D eigenvalue weighted by Gasteiger charge is -2.30. The number of nitrogens with zero attached hydrogens (tertiary/aromatic N) is 4. The Morgan fingerprint density at radius 1 is 1.27 bits per heavy atom. The van der Waals surface area contributed by atoms with Crippen molar-refractivity contribution in [3.05, 3.63) is 41.2 Å². The molecule has 0 radical (unpaired) electrons. The Bertz CT molecular complexity index is 868. The van der Waals surface area contributed by atoms with E-state index in [1.807, 2.05) is 4.90 Å². The van der Waals surface area contributed by atoms with Gasteiger partial charge >= 0.3 is 6.03 Å². The van der Waals surface area contributed by atoms with E-state index in [1.54, 1.807) is 0 Å². The number of hydrogen-bond donors (Lipinski definition) is 3. The number of carbonyl (C=O) groups is 1. The van der Waals surface area contributed by atoms with Gasteiger partial charge in [-0.1, -0.05) is 0 Å². The van der Waals surface area contributed by atoms with Gasteiger partial charge in [-0.15, -0.1) is 0 Å². The number of benzene rings is 1. The minimum atomic E-state index is -0.0474. The van der Waals surface area contributed by atoms with Crippen molar-refractivity contribution in [3.63, 3.8) is 0 Å². The van der Waals surface area contributed by atoms with Gasteiger partial charge in [-0.2, -0.15) is 5.10 Å². The lowest BCUT2D eigenvalue weighted by molar-refractivity contribution is 0.180. The summed E-state index contributed by atoms with van der Waals surface area (Å²) in [5.74, 6) is 2.04. The van der Waals surface area contributed by atoms with E-state index in [1.165, 1.54) is 17.5 Å². The maximum Gasteiger partial charge on any atom is 0.317 e. The summed E-state index contributed by atoms with van der Waals surface area (Å²) < 4.78 is 0. The van der Waals surface area contributed by atoms with Gasteiger partial charge in [-0.05, 0) is 49.9 Å². The molecule has 1 fully saturated rings. The molecule has 1 aliphatic heterocycles. The molecule has 0 saturated carbocycles. The molecule has 8 heteroatoms. The number of aryl methyl sites for hydroxylation is 2. The number of H-pyrrole nitrogens is 2. The maximum atomic E-state index is 12.4. The molecule has 3 heterocycles. The summed E-state index contributed by atoms with van der Waals surface area (Å²) >= 11 is 0. The van der Waals surface area contributed by atoms with E-state index in [0.717, 1.165) is 48.6 Å². The largest absolute Gasteiger partial charge is 0.340 e. The van der Waals surface area contributed by atoms with Gasteiger partial charge in [0.2, 0.25) is 0 Å². The molecule has 2 aromatic heterocycles. The first kappa shape index (κ1) is 16.6. The Morgan fingerprint density at radius 3 is 2.77 bits per heavy atom. The zero-order chi connectivity index (χ0) is 18.1. The van der Waals surface area contributed by atoms with Crippen LogP contribution in [-0.2, 0) is 6.54 Å². The van der Waals surface area contributed by atoms with E-state index in [9.17, 15) is 4.79 Å². The minimum absolute atomic E-state index is 0.0474. The van der Waals surface area contributed by atoms with Crippen molar-refractivity contribution in [2.24, 2.45) is 0 Å². The zero-order valence-corrected chi connectivity index (χ0v) is 15.0. The number of piperidine rings is 1. The molecular formula is C18H23N7O. The summed E-state index contributed by atoms with van der Waals surface area (Å²) in [4.78, 5) is 26.4. The molecule has 136 valence electrons.